The summed E-state index contributed by atoms with van der Waals surface area (Å²) in [7, 11) is 0. The predicted octanol–water partition coefficient (Wildman–Crippen LogP) is 2.04. The zero-order valence-electron chi connectivity index (χ0n) is 10.1. The predicted molar refractivity (Wildman–Crippen MR) is 70.3 cm³/mol. The summed E-state index contributed by atoms with van der Waals surface area (Å²) in [5.74, 6) is -0.473. The third kappa shape index (κ3) is 2.53. The molecule has 2 aromatic rings. The fourth-order valence-electron chi connectivity index (χ4n) is 1.76. The molecule has 5 nitrogen and oxygen atoms in total. The number of hydrogen-bond donors (Lipinski definition) is 1. The number of nitrogens with zero attached hydrogens (tertiary/aromatic N) is 3. The van der Waals surface area contributed by atoms with Gasteiger partial charge in [-0.25, -0.2) is 4.98 Å². The van der Waals surface area contributed by atoms with Gasteiger partial charge in [0.2, 0.25) is 0 Å². The minimum Gasteiger partial charge on any atom is -0.366 e. The molecule has 0 aromatic carbocycles. The third-order valence-corrected chi connectivity index (χ3v) is 3.23. The Morgan fingerprint density at radius 2 is 2.33 bits per heavy atom. The van der Waals surface area contributed by atoms with E-state index >= 15 is 0 Å². The standard InChI is InChI=1S/C12H14N4OS/c1-2-3-4-9-11(12(13)17)8(5-15-16-9)10-6-18-7-14-10/h5-7H,2-4H2,1H3,(H2,13,17). The van der Waals surface area contributed by atoms with E-state index in [1.807, 2.05) is 5.38 Å². The number of unbranched alkanes of at least 4 members (excludes halogenated alkanes) is 1. The van der Waals surface area contributed by atoms with Gasteiger partial charge in [0, 0.05) is 10.9 Å². The summed E-state index contributed by atoms with van der Waals surface area (Å²) in [6, 6.07) is 0. The Morgan fingerprint density at radius 3 is 2.94 bits per heavy atom. The highest BCUT2D eigenvalue weighted by Crippen LogP contribution is 2.24. The van der Waals surface area contributed by atoms with Crippen molar-refractivity contribution in [3.05, 3.63) is 28.3 Å². The molecule has 94 valence electrons. The molecule has 0 aliphatic rings. The average Bonchev–Trinajstić information content (AvgIpc) is 2.89. The maximum Gasteiger partial charge on any atom is 0.251 e. The van der Waals surface area contributed by atoms with Crippen LogP contribution in [-0.4, -0.2) is 21.1 Å². The number of primary amides is 1. The van der Waals surface area contributed by atoms with Crippen molar-refractivity contribution in [1.82, 2.24) is 15.2 Å². The molecule has 0 aliphatic heterocycles. The largest absolute Gasteiger partial charge is 0.366 e. The van der Waals surface area contributed by atoms with Gasteiger partial charge >= 0.3 is 0 Å². The van der Waals surface area contributed by atoms with Crippen LogP contribution >= 0.6 is 11.3 Å². The van der Waals surface area contributed by atoms with Crippen molar-refractivity contribution in [2.24, 2.45) is 5.73 Å². The lowest BCUT2D eigenvalue weighted by Crippen LogP contribution is -2.17. The summed E-state index contributed by atoms with van der Waals surface area (Å²) < 4.78 is 0. The molecule has 1 amide bonds. The number of rotatable bonds is 5. The van der Waals surface area contributed by atoms with Crippen molar-refractivity contribution in [1.29, 1.82) is 0 Å². The second kappa shape index (κ2) is 5.68. The zero-order chi connectivity index (χ0) is 13.0. The Hall–Kier alpha value is -1.82. The Bertz CT molecular complexity index is 539. The number of aromatic nitrogens is 3. The fourth-order valence-corrected chi connectivity index (χ4v) is 2.31. The lowest BCUT2D eigenvalue weighted by Gasteiger charge is -2.08. The molecule has 0 radical (unpaired) electrons. The van der Waals surface area contributed by atoms with Gasteiger partial charge in [-0.2, -0.15) is 10.2 Å². The van der Waals surface area contributed by atoms with E-state index in [-0.39, 0.29) is 0 Å². The third-order valence-electron chi connectivity index (χ3n) is 2.65. The van der Waals surface area contributed by atoms with E-state index in [1.54, 1.807) is 11.7 Å². The maximum atomic E-state index is 11.6. The lowest BCUT2D eigenvalue weighted by atomic mass is 10.0. The van der Waals surface area contributed by atoms with Crippen LogP contribution < -0.4 is 5.73 Å². The van der Waals surface area contributed by atoms with Gasteiger partial charge in [0.1, 0.15) is 0 Å². The summed E-state index contributed by atoms with van der Waals surface area (Å²) in [5, 5.41) is 9.84. The molecule has 2 heterocycles. The first kappa shape index (κ1) is 12.6. The molecule has 2 rings (SSSR count). The molecule has 18 heavy (non-hydrogen) atoms. The van der Waals surface area contributed by atoms with E-state index in [0.29, 0.717) is 23.2 Å². The number of nitrogens with two attached hydrogens (primary N) is 1. The highest BCUT2D eigenvalue weighted by atomic mass is 32.1. The second-order valence-corrected chi connectivity index (χ2v) is 4.64. The van der Waals surface area contributed by atoms with Crippen LogP contribution in [0.1, 0.15) is 35.8 Å². The molecule has 0 aliphatic carbocycles. The minimum atomic E-state index is -0.473. The van der Waals surface area contributed by atoms with Crippen molar-refractivity contribution < 1.29 is 4.79 Å². The smallest absolute Gasteiger partial charge is 0.251 e. The molecule has 0 bridgehead atoms. The summed E-state index contributed by atoms with van der Waals surface area (Å²) >= 11 is 1.47. The van der Waals surface area contributed by atoms with E-state index in [1.165, 1.54) is 11.3 Å². The van der Waals surface area contributed by atoms with Crippen LogP contribution in [0.3, 0.4) is 0 Å². The first-order chi connectivity index (χ1) is 8.74. The average molecular weight is 262 g/mol. The first-order valence-electron chi connectivity index (χ1n) is 5.77. The van der Waals surface area contributed by atoms with E-state index in [0.717, 1.165) is 18.5 Å². The number of carbonyl (C=O) groups excluding carboxylic acids is 1. The van der Waals surface area contributed by atoms with Crippen LogP contribution in [-0.2, 0) is 6.42 Å². The van der Waals surface area contributed by atoms with Crippen LogP contribution in [0, 0.1) is 0 Å². The molecule has 0 spiro atoms. The Kier molecular flexibility index (Phi) is 3.99. The molecule has 0 fully saturated rings. The topological polar surface area (TPSA) is 81.8 Å². The molecule has 0 saturated carbocycles. The Labute approximate surface area is 109 Å². The van der Waals surface area contributed by atoms with Gasteiger partial charge < -0.3 is 5.73 Å². The molecule has 0 unspecified atom stereocenters. The fraction of sp³-hybridized carbons (Fsp3) is 0.333. The number of hydrogen-bond acceptors (Lipinski definition) is 5. The number of carbonyl (C=O) groups is 1. The van der Waals surface area contributed by atoms with Crippen molar-refractivity contribution in [3.8, 4) is 11.3 Å². The monoisotopic (exact) mass is 262 g/mol. The summed E-state index contributed by atoms with van der Waals surface area (Å²) in [5.41, 5.74) is 9.68. The SMILES string of the molecule is CCCCc1nncc(-c2cscn2)c1C(N)=O. The minimum absolute atomic E-state index is 0.448. The highest BCUT2D eigenvalue weighted by molar-refractivity contribution is 7.07. The van der Waals surface area contributed by atoms with Gasteiger partial charge in [0.05, 0.1) is 28.7 Å². The van der Waals surface area contributed by atoms with Gasteiger partial charge in [-0.15, -0.1) is 11.3 Å². The summed E-state index contributed by atoms with van der Waals surface area (Å²) in [6.45, 7) is 2.08. The van der Waals surface area contributed by atoms with Crippen molar-refractivity contribution in [3.63, 3.8) is 0 Å². The summed E-state index contributed by atoms with van der Waals surface area (Å²) in [6.07, 6.45) is 4.24. The van der Waals surface area contributed by atoms with Gasteiger partial charge in [-0.3, -0.25) is 4.79 Å². The Morgan fingerprint density at radius 1 is 1.50 bits per heavy atom. The molecule has 2 N–H and O–H groups in total. The van der Waals surface area contributed by atoms with E-state index in [2.05, 4.69) is 22.1 Å². The van der Waals surface area contributed by atoms with Crippen LogP contribution in [0.15, 0.2) is 17.1 Å². The normalized spacial score (nSPS) is 10.5. The first-order valence-corrected chi connectivity index (χ1v) is 6.71. The molecular formula is C12H14N4OS. The quantitative estimate of drug-likeness (QED) is 0.894. The molecule has 6 heteroatoms. The van der Waals surface area contributed by atoms with Crippen molar-refractivity contribution in [2.45, 2.75) is 26.2 Å². The highest BCUT2D eigenvalue weighted by Gasteiger charge is 2.17. The van der Waals surface area contributed by atoms with E-state index in [9.17, 15) is 4.79 Å². The summed E-state index contributed by atoms with van der Waals surface area (Å²) in [4.78, 5) is 15.8. The van der Waals surface area contributed by atoms with Gasteiger partial charge in [-0.05, 0) is 12.8 Å². The van der Waals surface area contributed by atoms with Crippen LogP contribution in [0.25, 0.3) is 11.3 Å². The van der Waals surface area contributed by atoms with Gasteiger partial charge in [0.25, 0.3) is 5.91 Å². The van der Waals surface area contributed by atoms with Crippen LogP contribution in [0.2, 0.25) is 0 Å². The number of aryl methyl sites for hydroxylation is 1. The lowest BCUT2D eigenvalue weighted by molar-refractivity contribution is 0.0999. The number of amides is 1. The molecule has 2 aromatic heterocycles. The van der Waals surface area contributed by atoms with Crippen molar-refractivity contribution in [2.75, 3.05) is 0 Å². The maximum absolute atomic E-state index is 11.6. The van der Waals surface area contributed by atoms with Crippen LogP contribution in [0.5, 0.6) is 0 Å². The van der Waals surface area contributed by atoms with Gasteiger partial charge in [-0.1, -0.05) is 13.3 Å². The van der Waals surface area contributed by atoms with Crippen LogP contribution in [0.4, 0.5) is 0 Å². The Balaban J connectivity index is 2.49. The molecule has 0 atom stereocenters. The molecule has 0 saturated heterocycles. The zero-order valence-corrected chi connectivity index (χ0v) is 10.9. The number of thiazole rings is 1. The van der Waals surface area contributed by atoms with E-state index in [4.69, 9.17) is 5.73 Å². The van der Waals surface area contributed by atoms with E-state index < -0.39 is 5.91 Å². The van der Waals surface area contributed by atoms with Gasteiger partial charge in [0.15, 0.2) is 0 Å². The second-order valence-electron chi connectivity index (χ2n) is 3.92. The molecular weight excluding hydrogens is 248 g/mol. The van der Waals surface area contributed by atoms with Crippen molar-refractivity contribution >= 4 is 17.2 Å².